The fourth-order valence-electron chi connectivity index (χ4n) is 1.05. The number of hydrogen-bond acceptors (Lipinski definition) is 1. The molecule has 15 heavy (non-hydrogen) atoms. The molecule has 0 saturated heterocycles. The van der Waals surface area contributed by atoms with Crippen molar-refractivity contribution >= 4 is 23.6 Å². The van der Waals surface area contributed by atoms with Gasteiger partial charge in [0.25, 0.3) is 0 Å². The standard InChI is InChI=1S/C11H10ClFO2/c12-9-6-5-8(10(13)7-9)3-1-2-4-11(14)15/h1,3,5-7H,2,4H2,(H,14,15). The summed E-state index contributed by atoms with van der Waals surface area (Å²) >= 11 is 5.58. The van der Waals surface area contributed by atoms with Crippen LogP contribution in [0.5, 0.6) is 0 Å². The van der Waals surface area contributed by atoms with Gasteiger partial charge < -0.3 is 5.11 Å². The molecule has 0 aliphatic heterocycles. The molecule has 0 bridgehead atoms. The zero-order chi connectivity index (χ0) is 11.3. The molecule has 1 aromatic carbocycles. The Morgan fingerprint density at radius 1 is 1.53 bits per heavy atom. The van der Waals surface area contributed by atoms with Gasteiger partial charge in [0.15, 0.2) is 0 Å². The van der Waals surface area contributed by atoms with E-state index >= 15 is 0 Å². The van der Waals surface area contributed by atoms with Crippen molar-refractivity contribution in [3.05, 3.63) is 40.7 Å². The average Bonchev–Trinajstić information content (AvgIpc) is 2.14. The van der Waals surface area contributed by atoms with Crippen molar-refractivity contribution in [2.24, 2.45) is 0 Å². The molecule has 0 fully saturated rings. The fourth-order valence-corrected chi connectivity index (χ4v) is 1.21. The highest BCUT2D eigenvalue weighted by molar-refractivity contribution is 6.30. The molecule has 1 aromatic rings. The molecule has 0 atom stereocenters. The Labute approximate surface area is 92.0 Å². The zero-order valence-corrected chi connectivity index (χ0v) is 8.67. The quantitative estimate of drug-likeness (QED) is 0.858. The highest BCUT2D eigenvalue weighted by Gasteiger charge is 1.99. The first kappa shape index (κ1) is 11.7. The van der Waals surface area contributed by atoms with Crippen LogP contribution in [0.25, 0.3) is 6.08 Å². The van der Waals surface area contributed by atoms with E-state index in [0.717, 1.165) is 0 Å². The van der Waals surface area contributed by atoms with E-state index < -0.39 is 11.8 Å². The van der Waals surface area contributed by atoms with Crippen LogP contribution in [0.2, 0.25) is 5.02 Å². The van der Waals surface area contributed by atoms with E-state index in [-0.39, 0.29) is 6.42 Å². The van der Waals surface area contributed by atoms with Crippen LogP contribution in [-0.4, -0.2) is 11.1 Å². The zero-order valence-electron chi connectivity index (χ0n) is 7.91. The predicted molar refractivity (Wildman–Crippen MR) is 57.3 cm³/mol. The monoisotopic (exact) mass is 228 g/mol. The first-order chi connectivity index (χ1) is 7.09. The second kappa shape index (κ2) is 5.51. The van der Waals surface area contributed by atoms with E-state index in [9.17, 15) is 9.18 Å². The lowest BCUT2D eigenvalue weighted by Crippen LogP contribution is -1.91. The van der Waals surface area contributed by atoms with Gasteiger partial charge in [0.2, 0.25) is 0 Å². The molecule has 80 valence electrons. The van der Waals surface area contributed by atoms with Gasteiger partial charge in [-0.1, -0.05) is 29.8 Å². The van der Waals surface area contributed by atoms with Crippen molar-refractivity contribution in [2.75, 3.05) is 0 Å². The summed E-state index contributed by atoms with van der Waals surface area (Å²) < 4.78 is 13.2. The molecule has 0 amide bonds. The second-order valence-electron chi connectivity index (χ2n) is 3.00. The van der Waals surface area contributed by atoms with Crippen LogP contribution in [0.3, 0.4) is 0 Å². The third-order valence-electron chi connectivity index (χ3n) is 1.78. The summed E-state index contributed by atoms with van der Waals surface area (Å²) in [4.78, 5) is 10.2. The van der Waals surface area contributed by atoms with Gasteiger partial charge in [-0.25, -0.2) is 4.39 Å². The number of carboxylic acid groups (broad SMARTS) is 1. The number of hydrogen-bond donors (Lipinski definition) is 1. The van der Waals surface area contributed by atoms with Crippen molar-refractivity contribution in [1.82, 2.24) is 0 Å². The van der Waals surface area contributed by atoms with Gasteiger partial charge in [-0.2, -0.15) is 0 Å². The summed E-state index contributed by atoms with van der Waals surface area (Å²) in [5.41, 5.74) is 0.407. The molecule has 0 aromatic heterocycles. The van der Waals surface area contributed by atoms with Gasteiger partial charge in [0, 0.05) is 17.0 Å². The van der Waals surface area contributed by atoms with Crippen LogP contribution in [0.1, 0.15) is 18.4 Å². The van der Waals surface area contributed by atoms with E-state index in [0.29, 0.717) is 17.0 Å². The molecule has 0 spiro atoms. The average molecular weight is 229 g/mol. The van der Waals surface area contributed by atoms with Crippen molar-refractivity contribution in [3.8, 4) is 0 Å². The van der Waals surface area contributed by atoms with Crippen molar-refractivity contribution in [1.29, 1.82) is 0 Å². The van der Waals surface area contributed by atoms with Crippen LogP contribution in [0.4, 0.5) is 4.39 Å². The first-order valence-corrected chi connectivity index (χ1v) is 4.81. The molecule has 0 aliphatic carbocycles. The Hall–Kier alpha value is -1.35. The minimum atomic E-state index is -0.865. The molecule has 4 heteroatoms. The van der Waals surface area contributed by atoms with Gasteiger partial charge in [-0.05, 0) is 18.6 Å². The van der Waals surface area contributed by atoms with Crippen molar-refractivity contribution < 1.29 is 14.3 Å². The smallest absolute Gasteiger partial charge is 0.303 e. The molecular weight excluding hydrogens is 219 g/mol. The molecule has 0 unspecified atom stereocenters. The summed E-state index contributed by atoms with van der Waals surface area (Å²) in [6, 6.07) is 4.36. The van der Waals surface area contributed by atoms with E-state index in [1.165, 1.54) is 6.07 Å². The van der Waals surface area contributed by atoms with Crippen LogP contribution in [-0.2, 0) is 4.79 Å². The highest BCUT2D eigenvalue weighted by Crippen LogP contribution is 2.15. The Kier molecular flexibility index (Phi) is 4.31. The maximum atomic E-state index is 13.2. The van der Waals surface area contributed by atoms with Crippen LogP contribution < -0.4 is 0 Å². The normalized spacial score (nSPS) is 10.8. The first-order valence-electron chi connectivity index (χ1n) is 4.43. The van der Waals surface area contributed by atoms with Crippen LogP contribution in [0.15, 0.2) is 24.3 Å². The number of aliphatic carboxylic acids is 1. The lowest BCUT2D eigenvalue weighted by Gasteiger charge is -1.96. The summed E-state index contributed by atoms with van der Waals surface area (Å²) in [6.07, 6.45) is 3.61. The number of halogens is 2. The lowest BCUT2D eigenvalue weighted by molar-refractivity contribution is -0.136. The van der Waals surface area contributed by atoms with Gasteiger partial charge in [-0.15, -0.1) is 0 Å². The molecule has 1 N–H and O–H groups in total. The molecule has 0 radical (unpaired) electrons. The second-order valence-corrected chi connectivity index (χ2v) is 3.44. The molecular formula is C11H10ClFO2. The van der Waals surface area contributed by atoms with Crippen molar-refractivity contribution in [2.45, 2.75) is 12.8 Å². The lowest BCUT2D eigenvalue weighted by atomic mass is 10.2. The van der Waals surface area contributed by atoms with Gasteiger partial charge >= 0.3 is 5.97 Å². The maximum Gasteiger partial charge on any atom is 0.303 e. The number of carbonyl (C=O) groups is 1. The van der Waals surface area contributed by atoms with E-state index in [2.05, 4.69) is 0 Å². The minimum Gasteiger partial charge on any atom is -0.481 e. The van der Waals surface area contributed by atoms with E-state index in [4.69, 9.17) is 16.7 Å². The third kappa shape index (κ3) is 4.13. The predicted octanol–water partition coefficient (Wildman–Crippen LogP) is 3.36. The summed E-state index contributed by atoms with van der Waals surface area (Å²) in [6.45, 7) is 0. The van der Waals surface area contributed by atoms with Gasteiger partial charge in [0.1, 0.15) is 5.82 Å². The number of rotatable bonds is 4. The van der Waals surface area contributed by atoms with E-state index in [1.54, 1.807) is 24.3 Å². The Bertz CT molecular complexity index is 388. The Morgan fingerprint density at radius 3 is 2.87 bits per heavy atom. The summed E-state index contributed by atoms with van der Waals surface area (Å²) in [7, 11) is 0. The Morgan fingerprint density at radius 2 is 2.27 bits per heavy atom. The molecule has 1 rings (SSSR count). The molecule has 0 aliphatic rings. The highest BCUT2D eigenvalue weighted by atomic mass is 35.5. The maximum absolute atomic E-state index is 13.2. The number of allylic oxidation sites excluding steroid dienone is 1. The van der Waals surface area contributed by atoms with Gasteiger partial charge in [-0.3, -0.25) is 4.79 Å². The molecule has 0 heterocycles. The fraction of sp³-hybridized carbons (Fsp3) is 0.182. The number of carboxylic acids is 1. The number of benzene rings is 1. The SMILES string of the molecule is O=C(O)CCC=Cc1ccc(Cl)cc1F. The Balaban J connectivity index is 2.60. The minimum absolute atomic E-state index is 0.0473. The topological polar surface area (TPSA) is 37.3 Å². The van der Waals surface area contributed by atoms with E-state index in [1.807, 2.05) is 0 Å². The molecule has 2 nitrogen and oxygen atoms in total. The van der Waals surface area contributed by atoms with Gasteiger partial charge in [0.05, 0.1) is 0 Å². The largest absolute Gasteiger partial charge is 0.481 e. The summed E-state index contributed by atoms with van der Waals surface area (Å²) in [5.74, 6) is -1.27. The summed E-state index contributed by atoms with van der Waals surface area (Å²) in [5, 5.41) is 8.72. The van der Waals surface area contributed by atoms with Crippen LogP contribution in [0, 0.1) is 5.82 Å². The third-order valence-corrected chi connectivity index (χ3v) is 2.02. The van der Waals surface area contributed by atoms with Crippen LogP contribution >= 0.6 is 11.6 Å². The van der Waals surface area contributed by atoms with Crippen molar-refractivity contribution in [3.63, 3.8) is 0 Å². The molecule has 0 saturated carbocycles.